The number of carbonyl (C=O) groups is 3. The van der Waals surface area contributed by atoms with Crippen LogP contribution < -0.4 is 25.0 Å². The second-order valence-corrected chi connectivity index (χ2v) is 7.16. The van der Waals surface area contributed by atoms with Gasteiger partial charge >= 0.3 is 0 Å². The standard InChI is InChI=1S/C22H23N3O5/c1-2-23-21(27)14-4-3-5-16(10-14)24-22(28)15-11-20(26)25(13-15)17-6-7-18-19(12-17)30-9-8-29-18/h3-7,10,12,15H,2,8-9,11,13H2,1H3,(H,23,27)(H,24,28)/t15-/m1/s1. The molecule has 4 rings (SSSR count). The molecule has 2 aliphatic rings. The van der Waals surface area contributed by atoms with Crippen molar-refractivity contribution in [1.82, 2.24) is 5.32 Å². The Morgan fingerprint density at radius 3 is 2.70 bits per heavy atom. The van der Waals surface area contributed by atoms with Crippen molar-refractivity contribution in [3.05, 3.63) is 48.0 Å². The molecule has 3 amide bonds. The SMILES string of the molecule is CCNC(=O)c1cccc(NC(=O)[C@@H]2CC(=O)N(c3ccc4c(c3)OCCO4)C2)c1. The third kappa shape index (κ3) is 4.07. The third-order valence-corrected chi connectivity index (χ3v) is 5.06. The Hall–Kier alpha value is -3.55. The van der Waals surface area contributed by atoms with E-state index in [0.29, 0.717) is 48.2 Å². The Labute approximate surface area is 174 Å². The minimum atomic E-state index is -0.487. The van der Waals surface area contributed by atoms with Gasteiger partial charge in [0, 0.05) is 42.5 Å². The van der Waals surface area contributed by atoms with E-state index in [0.717, 1.165) is 0 Å². The molecule has 2 aromatic rings. The van der Waals surface area contributed by atoms with Gasteiger partial charge < -0.3 is 25.0 Å². The van der Waals surface area contributed by atoms with Gasteiger partial charge in [0.2, 0.25) is 11.8 Å². The fraction of sp³-hybridized carbons (Fsp3) is 0.318. The van der Waals surface area contributed by atoms with Crippen LogP contribution in [0.4, 0.5) is 11.4 Å². The molecule has 0 aliphatic carbocycles. The van der Waals surface area contributed by atoms with Crippen LogP contribution in [-0.2, 0) is 9.59 Å². The molecule has 156 valence electrons. The highest BCUT2D eigenvalue weighted by molar-refractivity contribution is 6.04. The van der Waals surface area contributed by atoms with Gasteiger partial charge in [-0.05, 0) is 37.3 Å². The van der Waals surface area contributed by atoms with E-state index in [1.807, 2.05) is 6.92 Å². The molecule has 0 spiro atoms. The smallest absolute Gasteiger partial charge is 0.251 e. The van der Waals surface area contributed by atoms with Crippen LogP contribution in [-0.4, -0.2) is 44.0 Å². The van der Waals surface area contributed by atoms with Gasteiger partial charge in [0.1, 0.15) is 13.2 Å². The van der Waals surface area contributed by atoms with E-state index in [2.05, 4.69) is 10.6 Å². The summed E-state index contributed by atoms with van der Waals surface area (Å²) in [7, 11) is 0. The van der Waals surface area contributed by atoms with Crippen molar-refractivity contribution in [3.63, 3.8) is 0 Å². The number of amides is 3. The fourth-order valence-corrected chi connectivity index (χ4v) is 3.58. The van der Waals surface area contributed by atoms with E-state index in [9.17, 15) is 14.4 Å². The number of carbonyl (C=O) groups excluding carboxylic acids is 3. The molecule has 0 unspecified atom stereocenters. The molecule has 0 aromatic heterocycles. The highest BCUT2D eigenvalue weighted by atomic mass is 16.6. The number of anilines is 2. The lowest BCUT2D eigenvalue weighted by Gasteiger charge is -2.22. The molecular weight excluding hydrogens is 386 g/mol. The number of fused-ring (bicyclic) bond motifs is 1. The van der Waals surface area contributed by atoms with E-state index in [1.165, 1.54) is 0 Å². The lowest BCUT2D eigenvalue weighted by atomic mass is 10.1. The maximum absolute atomic E-state index is 12.7. The molecule has 8 nitrogen and oxygen atoms in total. The van der Waals surface area contributed by atoms with E-state index >= 15 is 0 Å². The first-order chi connectivity index (χ1) is 14.5. The summed E-state index contributed by atoms with van der Waals surface area (Å²) >= 11 is 0. The van der Waals surface area contributed by atoms with Crippen molar-refractivity contribution in [2.75, 3.05) is 36.5 Å². The highest BCUT2D eigenvalue weighted by Crippen LogP contribution is 2.36. The zero-order valence-corrected chi connectivity index (χ0v) is 16.6. The summed E-state index contributed by atoms with van der Waals surface area (Å²) in [6, 6.07) is 12.1. The first-order valence-electron chi connectivity index (χ1n) is 9.94. The Bertz CT molecular complexity index is 990. The summed E-state index contributed by atoms with van der Waals surface area (Å²) in [5.41, 5.74) is 1.67. The normalized spacial score (nSPS) is 17.6. The number of hydrogen-bond acceptors (Lipinski definition) is 5. The second kappa shape index (κ2) is 8.44. The van der Waals surface area contributed by atoms with E-state index < -0.39 is 5.92 Å². The first-order valence-corrected chi connectivity index (χ1v) is 9.94. The lowest BCUT2D eigenvalue weighted by molar-refractivity contribution is -0.122. The molecule has 2 heterocycles. The van der Waals surface area contributed by atoms with Crippen LogP contribution >= 0.6 is 0 Å². The third-order valence-electron chi connectivity index (χ3n) is 5.06. The van der Waals surface area contributed by atoms with Gasteiger partial charge in [0.25, 0.3) is 5.91 Å². The second-order valence-electron chi connectivity index (χ2n) is 7.16. The van der Waals surface area contributed by atoms with Crippen LogP contribution in [0.1, 0.15) is 23.7 Å². The maximum Gasteiger partial charge on any atom is 0.251 e. The average molecular weight is 409 g/mol. The Balaban J connectivity index is 1.43. The molecule has 0 radical (unpaired) electrons. The highest BCUT2D eigenvalue weighted by Gasteiger charge is 2.35. The topological polar surface area (TPSA) is 97.0 Å². The van der Waals surface area contributed by atoms with E-state index in [4.69, 9.17) is 9.47 Å². The van der Waals surface area contributed by atoms with Gasteiger partial charge in [0.15, 0.2) is 11.5 Å². The summed E-state index contributed by atoms with van der Waals surface area (Å²) < 4.78 is 11.1. The van der Waals surface area contributed by atoms with Gasteiger partial charge in [-0.3, -0.25) is 14.4 Å². The molecule has 2 aromatic carbocycles. The molecular formula is C22H23N3O5. The zero-order chi connectivity index (χ0) is 21.1. The zero-order valence-electron chi connectivity index (χ0n) is 16.6. The van der Waals surface area contributed by atoms with Crippen molar-refractivity contribution >= 4 is 29.1 Å². The van der Waals surface area contributed by atoms with Crippen molar-refractivity contribution in [1.29, 1.82) is 0 Å². The van der Waals surface area contributed by atoms with Crippen LogP contribution in [0.25, 0.3) is 0 Å². The van der Waals surface area contributed by atoms with Crippen molar-refractivity contribution in [3.8, 4) is 11.5 Å². The van der Waals surface area contributed by atoms with Gasteiger partial charge in [-0.1, -0.05) is 6.07 Å². The first kappa shape index (κ1) is 19.8. The average Bonchev–Trinajstić information content (AvgIpc) is 3.15. The van der Waals surface area contributed by atoms with Gasteiger partial charge in [-0.2, -0.15) is 0 Å². The maximum atomic E-state index is 12.7. The quantitative estimate of drug-likeness (QED) is 0.789. The Kier molecular flexibility index (Phi) is 5.56. The van der Waals surface area contributed by atoms with Crippen molar-refractivity contribution in [2.24, 2.45) is 5.92 Å². The molecule has 1 atom stereocenters. The minimum Gasteiger partial charge on any atom is -0.486 e. The van der Waals surface area contributed by atoms with Crippen LogP contribution in [0.3, 0.4) is 0 Å². The van der Waals surface area contributed by atoms with Gasteiger partial charge in [0.05, 0.1) is 5.92 Å². The van der Waals surface area contributed by atoms with Crippen molar-refractivity contribution in [2.45, 2.75) is 13.3 Å². The Morgan fingerprint density at radius 2 is 1.90 bits per heavy atom. The number of benzene rings is 2. The lowest BCUT2D eigenvalue weighted by Crippen LogP contribution is -2.28. The molecule has 2 aliphatic heterocycles. The van der Waals surface area contributed by atoms with Gasteiger partial charge in [-0.15, -0.1) is 0 Å². The summed E-state index contributed by atoms with van der Waals surface area (Å²) in [6.45, 7) is 3.60. The molecule has 0 saturated carbocycles. The summed E-state index contributed by atoms with van der Waals surface area (Å²) in [4.78, 5) is 38.9. The number of rotatable bonds is 5. The number of nitrogens with zero attached hydrogens (tertiary/aromatic N) is 1. The van der Waals surface area contributed by atoms with E-state index in [-0.39, 0.29) is 30.7 Å². The summed E-state index contributed by atoms with van der Waals surface area (Å²) in [5.74, 6) is 0.187. The number of ether oxygens (including phenoxy) is 2. The fourth-order valence-electron chi connectivity index (χ4n) is 3.58. The summed E-state index contributed by atoms with van der Waals surface area (Å²) in [6.07, 6.45) is 0.121. The minimum absolute atomic E-state index is 0.121. The monoisotopic (exact) mass is 409 g/mol. The van der Waals surface area contributed by atoms with Crippen LogP contribution in [0.5, 0.6) is 11.5 Å². The van der Waals surface area contributed by atoms with Crippen molar-refractivity contribution < 1.29 is 23.9 Å². The van der Waals surface area contributed by atoms with Crippen LogP contribution in [0.15, 0.2) is 42.5 Å². The molecule has 30 heavy (non-hydrogen) atoms. The molecule has 2 N–H and O–H groups in total. The van der Waals surface area contributed by atoms with Crippen LogP contribution in [0.2, 0.25) is 0 Å². The molecule has 0 bridgehead atoms. The summed E-state index contributed by atoms with van der Waals surface area (Å²) in [5, 5.41) is 5.55. The predicted molar refractivity (Wildman–Crippen MR) is 111 cm³/mol. The predicted octanol–water partition coefficient (Wildman–Crippen LogP) is 2.20. The van der Waals surface area contributed by atoms with Gasteiger partial charge in [-0.25, -0.2) is 0 Å². The molecule has 1 saturated heterocycles. The largest absolute Gasteiger partial charge is 0.486 e. The Morgan fingerprint density at radius 1 is 1.10 bits per heavy atom. The number of hydrogen-bond donors (Lipinski definition) is 2. The molecule has 8 heteroatoms. The number of nitrogens with one attached hydrogen (secondary N) is 2. The van der Waals surface area contributed by atoms with Crippen LogP contribution in [0, 0.1) is 5.92 Å². The molecule has 1 fully saturated rings. The van der Waals surface area contributed by atoms with E-state index in [1.54, 1.807) is 47.4 Å².